The Morgan fingerprint density at radius 2 is 2.50 bits per heavy atom. The summed E-state index contributed by atoms with van der Waals surface area (Å²) >= 11 is 0. The first-order valence-electron chi connectivity index (χ1n) is 5.97. The lowest BCUT2D eigenvalue weighted by molar-refractivity contribution is -0.121. The van der Waals surface area contributed by atoms with Crippen LogP contribution in [0.25, 0.3) is 11.2 Å². The van der Waals surface area contributed by atoms with Crippen molar-refractivity contribution in [2.24, 2.45) is 5.92 Å². The number of carbonyl (C=O) groups is 1. The third-order valence-electron chi connectivity index (χ3n) is 3.21. The summed E-state index contributed by atoms with van der Waals surface area (Å²) in [5, 5.41) is 2.78. The van der Waals surface area contributed by atoms with E-state index in [0.717, 1.165) is 11.9 Å². The van der Waals surface area contributed by atoms with E-state index in [-0.39, 0.29) is 17.9 Å². The molecule has 0 aliphatic carbocycles. The number of rotatable bonds is 2. The topological polar surface area (TPSA) is 79.9 Å². The van der Waals surface area contributed by atoms with Crippen LogP contribution in [0.1, 0.15) is 13.3 Å². The maximum Gasteiger partial charge on any atom is 0.232 e. The summed E-state index contributed by atoms with van der Waals surface area (Å²) in [4.78, 5) is 23.4. The van der Waals surface area contributed by atoms with E-state index in [1.165, 1.54) is 0 Å². The number of anilines is 1. The van der Waals surface area contributed by atoms with Gasteiger partial charge in [0, 0.05) is 12.8 Å². The SMILES string of the molecule is CC1OCCC1C(=O)Nc1nc2ncccc2[nH]1. The van der Waals surface area contributed by atoms with Gasteiger partial charge in [-0.3, -0.25) is 10.1 Å². The van der Waals surface area contributed by atoms with E-state index >= 15 is 0 Å². The second-order valence-corrected chi connectivity index (χ2v) is 4.42. The van der Waals surface area contributed by atoms with E-state index in [0.29, 0.717) is 18.2 Å². The molecule has 3 heterocycles. The molecule has 2 aromatic heterocycles. The molecule has 1 aliphatic heterocycles. The monoisotopic (exact) mass is 246 g/mol. The summed E-state index contributed by atoms with van der Waals surface area (Å²) in [6, 6.07) is 3.69. The molecule has 0 saturated carbocycles. The van der Waals surface area contributed by atoms with Crippen molar-refractivity contribution in [1.82, 2.24) is 15.0 Å². The lowest BCUT2D eigenvalue weighted by Gasteiger charge is -2.12. The molecule has 2 unspecified atom stereocenters. The molecule has 1 fully saturated rings. The first-order valence-corrected chi connectivity index (χ1v) is 5.97. The van der Waals surface area contributed by atoms with Crippen molar-refractivity contribution in [1.29, 1.82) is 0 Å². The number of hydrogen-bond acceptors (Lipinski definition) is 4. The predicted molar refractivity (Wildman–Crippen MR) is 66.0 cm³/mol. The fraction of sp³-hybridized carbons (Fsp3) is 0.417. The van der Waals surface area contributed by atoms with Crippen LogP contribution in [0.3, 0.4) is 0 Å². The summed E-state index contributed by atoms with van der Waals surface area (Å²) < 4.78 is 5.38. The molecule has 18 heavy (non-hydrogen) atoms. The molecular weight excluding hydrogens is 232 g/mol. The number of nitrogens with zero attached hydrogens (tertiary/aromatic N) is 2. The van der Waals surface area contributed by atoms with Crippen LogP contribution in [0, 0.1) is 5.92 Å². The van der Waals surface area contributed by atoms with Crippen molar-refractivity contribution in [2.45, 2.75) is 19.4 Å². The lowest BCUT2D eigenvalue weighted by atomic mass is 10.0. The Bertz CT molecular complexity index is 547. The van der Waals surface area contributed by atoms with Crippen LogP contribution in [0.4, 0.5) is 5.95 Å². The third kappa shape index (κ3) is 1.95. The Hall–Kier alpha value is -1.95. The zero-order chi connectivity index (χ0) is 12.5. The van der Waals surface area contributed by atoms with Crippen molar-refractivity contribution in [3.8, 4) is 0 Å². The van der Waals surface area contributed by atoms with E-state index in [1.54, 1.807) is 6.20 Å². The highest BCUT2D eigenvalue weighted by Crippen LogP contribution is 2.22. The normalized spacial score (nSPS) is 23.4. The molecule has 2 aromatic rings. The highest BCUT2D eigenvalue weighted by molar-refractivity contribution is 5.92. The Morgan fingerprint density at radius 3 is 3.22 bits per heavy atom. The fourth-order valence-corrected chi connectivity index (χ4v) is 2.19. The minimum Gasteiger partial charge on any atom is -0.378 e. The fourth-order valence-electron chi connectivity index (χ4n) is 2.19. The maximum atomic E-state index is 12.0. The van der Waals surface area contributed by atoms with Crippen molar-refractivity contribution in [2.75, 3.05) is 11.9 Å². The van der Waals surface area contributed by atoms with Crippen LogP contribution >= 0.6 is 0 Å². The van der Waals surface area contributed by atoms with Gasteiger partial charge in [-0.05, 0) is 25.5 Å². The predicted octanol–water partition coefficient (Wildman–Crippen LogP) is 1.32. The Morgan fingerprint density at radius 1 is 1.61 bits per heavy atom. The van der Waals surface area contributed by atoms with Gasteiger partial charge in [-0.1, -0.05) is 0 Å². The highest BCUT2D eigenvalue weighted by atomic mass is 16.5. The molecule has 0 radical (unpaired) electrons. The van der Waals surface area contributed by atoms with Gasteiger partial charge < -0.3 is 9.72 Å². The zero-order valence-corrected chi connectivity index (χ0v) is 10.0. The largest absolute Gasteiger partial charge is 0.378 e. The number of aromatic amines is 1. The molecule has 2 atom stereocenters. The van der Waals surface area contributed by atoms with Crippen LogP contribution in [0.15, 0.2) is 18.3 Å². The number of pyridine rings is 1. The third-order valence-corrected chi connectivity index (χ3v) is 3.21. The molecule has 1 amide bonds. The van der Waals surface area contributed by atoms with Crippen LogP contribution in [0.5, 0.6) is 0 Å². The standard InChI is InChI=1S/C12H14N4O2/c1-7-8(4-6-18-7)11(17)16-12-14-9-3-2-5-13-10(9)15-12/h2-3,5,7-8H,4,6H2,1H3,(H2,13,14,15,16,17). The molecule has 6 heteroatoms. The van der Waals surface area contributed by atoms with Crippen LogP contribution in [-0.4, -0.2) is 33.6 Å². The molecule has 2 N–H and O–H groups in total. The highest BCUT2D eigenvalue weighted by Gasteiger charge is 2.31. The number of fused-ring (bicyclic) bond motifs is 1. The van der Waals surface area contributed by atoms with Gasteiger partial charge in [0.25, 0.3) is 0 Å². The summed E-state index contributed by atoms with van der Waals surface area (Å²) in [6.07, 6.45) is 2.39. The summed E-state index contributed by atoms with van der Waals surface area (Å²) in [7, 11) is 0. The van der Waals surface area contributed by atoms with Gasteiger partial charge in [0.1, 0.15) is 0 Å². The van der Waals surface area contributed by atoms with E-state index in [1.807, 2.05) is 19.1 Å². The Labute approximate surface area is 104 Å². The minimum atomic E-state index is -0.105. The van der Waals surface area contributed by atoms with Crippen molar-refractivity contribution < 1.29 is 9.53 Å². The number of H-pyrrole nitrogens is 1. The summed E-state index contributed by atoms with van der Waals surface area (Å²) in [5.74, 6) is 0.276. The second-order valence-electron chi connectivity index (χ2n) is 4.42. The number of ether oxygens (including phenoxy) is 1. The number of imidazole rings is 1. The first-order chi connectivity index (χ1) is 8.74. The Kier molecular flexibility index (Phi) is 2.71. The number of aromatic nitrogens is 3. The molecule has 0 aromatic carbocycles. The van der Waals surface area contributed by atoms with E-state index in [9.17, 15) is 4.79 Å². The smallest absolute Gasteiger partial charge is 0.232 e. The maximum absolute atomic E-state index is 12.0. The minimum absolute atomic E-state index is 0.0347. The number of hydrogen-bond donors (Lipinski definition) is 2. The average Bonchev–Trinajstić information content (AvgIpc) is 2.94. The number of nitrogens with one attached hydrogen (secondary N) is 2. The quantitative estimate of drug-likeness (QED) is 0.837. The summed E-state index contributed by atoms with van der Waals surface area (Å²) in [5.41, 5.74) is 1.41. The van der Waals surface area contributed by atoms with Gasteiger partial charge in [0.15, 0.2) is 5.65 Å². The van der Waals surface area contributed by atoms with Crippen molar-refractivity contribution in [3.63, 3.8) is 0 Å². The average molecular weight is 246 g/mol. The van der Waals surface area contributed by atoms with Crippen molar-refractivity contribution in [3.05, 3.63) is 18.3 Å². The molecule has 3 rings (SSSR count). The molecule has 1 aliphatic rings. The van der Waals surface area contributed by atoms with Gasteiger partial charge in [-0.15, -0.1) is 0 Å². The van der Waals surface area contributed by atoms with Gasteiger partial charge in [-0.2, -0.15) is 4.98 Å². The molecule has 94 valence electrons. The first kappa shape index (κ1) is 11.2. The van der Waals surface area contributed by atoms with Crippen LogP contribution in [0.2, 0.25) is 0 Å². The molecule has 0 spiro atoms. The van der Waals surface area contributed by atoms with E-state index in [4.69, 9.17) is 4.74 Å². The number of carbonyl (C=O) groups excluding carboxylic acids is 1. The van der Waals surface area contributed by atoms with Crippen LogP contribution < -0.4 is 5.32 Å². The van der Waals surface area contributed by atoms with Crippen LogP contribution in [-0.2, 0) is 9.53 Å². The molecule has 1 saturated heterocycles. The number of amides is 1. The lowest BCUT2D eigenvalue weighted by Crippen LogP contribution is -2.28. The molecule has 6 nitrogen and oxygen atoms in total. The van der Waals surface area contributed by atoms with Gasteiger partial charge in [0.2, 0.25) is 11.9 Å². The Balaban J connectivity index is 1.77. The molecule has 0 bridgehead atoms. The second kappa shape index (κ2) is 4.38. The van der Waals surface area contributed by atoms with E-state index < -0.39 is 0 Å². The van der Waals surface area contributed by atoms with E-state index in [2.05, 4.69) is 20.3 Å². The van der Waals surface area contributed by atoms with Crippen molar-refractivity contribution >= 4 is 23.0 Å². The van der Waals surface area contributed by atoms with Gasteiger partial charge in [0.05, 0.1) is 17.5 Å². The van der Waals surface area contributed by atoms with Gasteiger partial charge >= 0.3 is 0 Å². The summed E-state index contributed by atoms with van der Waals surface area (Å²) in [6.45, 7) is 2.55. The van der Waals surface area contributed by atoms with Gasteiger partial charge in [-0.25, -0.2) is 4.98 Å². The molecular formula is C12H14N4O2. The zero-order valence-electron chi connectivity index (χ0n) is 10.0.